The van der Waals surface area contributed by atoms with Gasteiger partial charge in [-0.3, -0.25) is 10.0 Å². The van der Waals surface area contributed by atoms with Crippen molar-refractivity contribution in [3.05, 3.63) is 52.2 Å². The molecule has 0 saturated carbocycles. The summed E-state index contributed by atoms with van der Waals surface area (Å²) in [5, 5.41) is 9.41. The van der Waals surface area contributed by atoms with Gasteiger partial charge in [-0.2, -0.15) is 0 Å². The minimum atomic E-state index is -0.640. The first kappa shape index (κ1) is 13.7. The average Bonchev–Trinajstić information content (AvgIpc) is 2.87. The lowest BCUT2D eigenvalue weighted by molar-refractivity contribution is -0.124. The zero-order valence-electron chi connectivity index (χ0n) is 9.56. The van der Waals surface area contributed by atoms with Crippen LogP contribution in [0.4, 0.5) is 0 Å². The third-order valence-electron chi connectivity index (χ3n) is 2.33. The molecule has 0 aliphatic carbocycles. The third kappa shape index (κ3) is 3.38. The largest absolute Gasteiger partial charge is 0.457 e. The maximum atomic E-state index is 10.8. The number of halogens is 2. The van der Waals surface area contributed by atoms with Gasteiger partial charge >= 0.3 is 0 Å². The van der Waals surface area contributed by atoms with E-state index in [0.717, 1.165) is 6.08 Å². The Bertz CT molecular complexity index is 635. The van der Waals surface area contributed by atoms with E-state index in [1.807, 2.05) is 0 Å². The van der Waals surface area contributed by atoms with Crippen LogP contribution in [0.1, 0.15) is 5.76 Å². The summed E-state index contributed by atoms with van der Waals surface area (Å²) in [7, 11) is 0. The third-order valence-corrected chi connectivity index (χ3v) is 2.89. The molecule has 1 amide bonds. The molecule has 1 aromatic carbocycles. The molecule has 1 heterocycles. The van der Waals surface area contributed by atoms with E-state index >= 15 is 0 Å². The first-order chi connectivity index (χ1) is 9.10. The number of carbonyl (C=O) groups is 1. The van der Waals surface area contributed by atoms with Crippen LogP contribution < -0.4 is 5.48 Å². The molecule has 0 aliphatic heterocycles. The van der Waals surface area contributed by atoms with E-state index in [1.54, 1.807) is 30.3 Å². The first-order valence-electron chi connectivity index (χ1n) is 5.27. The second-order valence-electron chi connectivity index (χ2n) is 3.64. The quantitative estimate of drug-likeness (QED) is 0.515. The molecule has 98 valence electrons. The molecule has 2 rings (SSSR count). The Morgan fingerprint density at radius 3 is 2.79 bits per heavy atom. The minimum Gasteiger partial charge on any atom is -0.457 e. The van der Waals surface area contributed by atoms with E-state index in [4.69, 9.17) is 32.8 Å². The topological polar surface area (TPSA) is 62.5 Å². The highest BCUT2D eigenvalue weighted by Crippen LogP contribution is 2.31. The monoisotopic (exact) mass is 297 g/mol. The fourth-order valence-corrected chi connectivity index (χ4v) is 1.85. The number of benzene rings is 1. The molecule has 0 atom stereocenters. The van der Waals surface area contributed by atoms with Crippen molar-refractivity contribution in [2.75, 3.05) is 0 Å². The molecule has 2 N–H and O–H groups in total. The van der Waals surface area contributed by atoms with Crippen LogP contribution in [0.2, 0.25) is 10.0 Å². The Morgan fingerprint density at radius 1 is 1.26 bits per heavy atom. The van der Waals surface area contributed by atoms with Crippen molar-refractivity contribution < 1.29 is 14.4 Å². The number of furan rings is 1. The summed E-state index contributed by atoms with van der Waals surface area (Å²) in [4.78, 5) is 10.8. The van der Waals surface area contributed by atoms with Crippen molar-refractivity contribution in [2.45, 2.75) is 0 Å². The van der Waals surface area contributed by atoms with Gasteiger partial charge in [0, 0.05) is 16.7 Å². The Hall–Kier alpha value is -1.75. The van der Waals surface area contributed by atoms with Gasteiger partial charge in [0.2, 0.25) is 0 Å². The number of amides is 1. The summed E-state index contributed by atoms with van der Waals surface area (Å²) in [6.07, 6.45) is 2.57. The number of hydroxylamine groups is 1. The van der Waals surface area contributed by atoms with Gasteiger partial charge in [-0.1, -0.05) is 23.2 Å². The van der Waals surface area contributed by atoms with Gasteiger partial charge in [0.25, 0.3) is 5.91 Å². The summed E-state index contributed by atoms with van der Waals surface area (Å²) in [5.74, 6) is 0.352. The highest BCUT2D eigenvalue weighted by Gasteiger charge is 2.08. The normalized spacial score (nSPS) is 10.9. The summed E-state index contributed by atoms with van der Waals surface area (Å²) >= 11 is 12.0. The molecular weight excluding hydrogens is 289 g/mol. The molecule has 4 nitrogen and oxygen atoms in total. The summed E-state index contributed by atoms with van der Waals surface area (Å²) in [6.45, 7) is 0. The molecule has 0 saturated heterocycles. The van der Waals surface area contributed by atoms with Crippen molar-refractivity contribution >= 4 is 35.2 Å². The van der Waals surface area contributed by atoms with Gasteiger partial charge < -0.3 is 4.42 Å². The van der Waals surface area contributed by atoms with Gasteiger partial charge in [0.05, 0.1) is 5.02 Å². The maximum Gasteiger partial charge on any atom is 0.267 e. The van der Waals surface area contributed by atoms with Crippen molar-refractivity contribution in [3.8, 4) is 11.3 Å². The average molecular weight is 298 g/mol. The lowest BCUT2D eigenvalue weighted by Crippen LogP contribution is -2.14. The van der Waals surface area contributed by atoms with E-state index < -0.39 is 5.91 Å². The van der Waals surface area contributed by atoms with E-state index in [2.05, 4.69) is 0 Å². The highest BCUT2D eigenvalue weighted by atomic mass is 35.5. The second kappa shape index (κ2) is 5.93. The predicted octanol–water partition coefficient (Wildman–Crippen LogP) is 3.77. The molecule has 0 spiro atoms. The number of rotatable bonds is 3. The highest BCUT2D eigenvalue weighted by molar-refractivity contribution is 6.35. The Morgan fingerprint density at radius 2 is 2.05 bits per heavy atom. The molecule has 0 radical (unpaired) electrons. The molecule has 1 aromatic heterocycles. The van der Waals surface area contributed by atoms with E-state index in [9.17, 15) is 4.79 Å². The van der Waals surface area contributed by atoms with Crippen molar-refractivity contribution in [2.24, 2.45) is 0 Å². The fourth-order valence-electron chi connectivity index (χ4n) is 1.47. The number of hydrogen-bond donors (Lipinski definition) is 2. The molecule has 0 aliphatic rings. The smallest absolute Gasteiger partial charge is 0.267 e. The zero-order valence-corrected chi connectivity index (χ0v) is 11.1. The molecule has 0 fully saturated rings. The summed E-state index contributed by atoms with van der Waals surface area (Å²) in [6, 6.07) is 8.44. The van der Waals surface area contributed by atoms with Crippen LogP contribution in [0.3, 0.4) is 0 Å². The van der Waals surface area contributed by atoms with Crippen molar-refractivity contribution in [1.29, 1.82) is 0 Å². The molecule has 2 aromatic rings. The Balaban J connectivity index is 2.28. The predicted molar refractivity (Wildman–Crippen MR) is 73.1 cm³/mol. The van der Waals surface area contributed by atoms with Gasteiger partial charge in [0.1, 0.15) is 11.5 Å². The molecule has 19 heavy (non-hydrogen) atoms. The van der Waals surface area contributed by atoms with E-state index in [-0.39, 0.29) is 0 Å². The lowest BCUT2D eigenvalue weighted by atomic mass is 10.2. The summed E-state index contributed by atoms with van der Waals surface area (Å²) < 4.78 is 5.51. The van der Waals surface area contributed by atoms with Gasteiger partial charge in [-0.25, -0.2) is 5.48 Å². The number of hydrogen-bond acceptors (Lipinski definition) is 3. The SMILES string of the molecule is O=C(/C=C/c1ccc(-c2cc(Cl)ccc2Cl)o1)NO. The van der Waals surface area contributed by atoms with E-state index in [1.165, 1.54) is 11.6 Å². The van der Waals surface area contributed by atoms with Crippen LogP contribution >= 0.6 is 23.2 Å². The van der Waals surface area contributed by atoms with Crippen LogP contribution in [0.15, 0.2) is 40.8 Å². The van der Waals surface area contributed by atoms with E-state index in [0.29, 0.717) is 27.1 Å². The molecule has 0 unspecified atom stereocenters. The van der Waals surface area contributed by atoms with Gasteiger partial charge in [-0.05, 0) is 36.4 Å². The zero-order chi connectivity index (χ0) is 13.8. The Kier molecular flexibility index (Phi) is 4.27. The molecular formula is C13H9Cl2NO3. The molecule has 0 bridgehead atoms. The first-order valence-corrected chi connectivity index (χ1v) is 6.03. The Labute approximate surface area is 119 Å². The van der Waals surface area contributed by atoms with Crippen LogP contribution in [0.25, 0.3) is 17.4 Å². The summed E-state index contributed by atoms with van der Waals surface area (Å²) in [5.41, 5.74) is 2.15. The van der Waals surface area contributed by atoms with Gasteiger partial charge in [-0.15, -0.1) is 0 Å². The van der Waals surface area contributed by atoms with Crippen LogP contribution in [-0.2, 0) is 4.79 Å². The number of carbonyl (C=O) groups excluding carboxylic acids is 1. The maximum absolute atomic E-state index is 10.8. The van der Waals surface area contributed by atoms with Crippen LogP contribution in [0.5, 0.6) is 0 Å². The second-order valence-corrected chi connectivity index (χ2v) is 4.48. The lowest BCUT2D eigenvalue weighted by Gasteiger charge is -2.00. The van der Waals surface area contributed by atoms with Crippen molar-refractivity contribution in [3.63, 3.8) is 0 Å². The van der Waals surface area contributed by atoms with Crippen molar-refractivity contribution in [1.82, 2.24) is 5.48 Å². The standard InChI is InChI=1S/C13H9Cl2NO3/c14-8-1-4-11(15)10(7-8)12-5-2-9(19-12)3-6-13(17)16-18/h1-7,18H,(H,16,17)/b6-3+. The van der Waals surface area contributed by atoms with Gasteiger partial charge in [0.15, 0.2) is 0 Å². The fraction of sp³-hybridized carbons (Fsp3) is 0. The van der Waals surface area contributed by atoms with Crippen LogP contribution in [-0.4, -0.2) is 11.1 Å². The molecule has 6 heteroatoms. The van der Waals surface area contributed by atoms with Crippen LogP contribution in [0, 0.1) is 0 Å². The minimum absolute atomic E-state index is 0.453. The number of nitrogens with one attached hydrogen (secondary N) is 1.